The first kappa shape index (κ1) is 22.3. The summed E-state index contributed by atoms with van der Waals surface area (Å²) in [7, 11) is 2.96. The van der Waals surface area contributed by atoms with Gasteiger partial charge in [-0.15, -0.1) is 16.1 Å². The lowest BCUT2D eigenvalue weighted by Crippen LogP contribution is -2.41. The average Bonchev–Trinajstić information content (AvgIpc) is 3.61. The number of thiophene rings is 1. The molecule has 1 saturated carbocycles. The number of para-hydroxylation sites is 1. The van der Waals surface area contributed by atoms with Crippen LogP contribution >= 0.6 is 11.3 Å². The van der Waals surface area contributed by atoms with Crippen molar-refractivity contribution >= 4 is 38.4 Å². The Morgan fingerprint density at radius 2 is 2.00 bits per heavy atom. The Kier molecular flexibility index (Phi) is 5.95. The van der Waals surface area contributed by atoms with Gasteiger partial charge in [0, 0.05) is 30.6 Å². The zero-order valence-electron chi connectivity index (χ0n) is 19.2. The van der Waals surface area contributed by atoms with Crippen molar-refractivity contribution in [1.82, 2.24) is 19.6 Å². The second kappa shape index (κ2) is 9.06. The van der Waals surface area contributed by atoms with Crippen molar-refractivity contribution in [3.05, 3.63) is 73.4 Å². The molecule has 1 aliphatic carbocycles. The summed E-state index contributed by atoms with van der Waals surface area (Å²) in [4.78, 5) is 50.3. The molecular formula is C25H26N4O4S. The minimum absolute atomic E-state index is 0.229. The monoisotopic (exact) mass is 478 g/mol. The first-order chi connectivity index (χ1) is 16.5. The van der Waals surface area contributed by atoms with Gasteiger partial charge < -0.3 is 10.2 Å². The smallest absolute Gasteiger partial charge is 0.365 e. The van der Waals surface area contributed by atoms with E-state index in [1.54, 1.807) is 13.2 Å². The molecule has 3 heterocycles. The van der Waals surface area contributed by atoms with Crippen LogP contribution in [-0.4, -0.2) is 33.8 Å². The van der Waals surface area contributed by atoms with Gasteiger partial charge in [0.2, 0.25) is 0 Å². The fraction of sp³-hybridized carbons (Fsp3) is 0.360. The number of carbonyl (C=O) groups excluding carboxylic acids is 1. The quantitative estimate of drug-likeness (QED) is 0.420. The fourth-order valence-corrected chi connectivity index (χ4v) is 5.52. The van der Waals surface area contributed by atoms with E-state index in [1.807, 2.05) is 30.3 Å². The molecule has 1 aromatic carbocycles. The maximum Gasteiger partial charge on any atom is 0.365 e. The number of aromatic nitrogens is 3. The van der Waals surface area contributed by atoms with Gasteiger partial charge in [-0.25, -0.2) is 4.79 Å². The molecule has 1 fully saturated rings. The van der Waals surface area contributed by atoms with Gasteiger partial charge in [0.25, 0.3) is 11.5 Å². The third kappa shape index (κ3) is 4.00. The maximum absolute atomic E-state index is 13.1. The van der Waals surface area contributed by atoms with E-state index in [9.17, 15) is 14.4 Å². The van der Waals surface area contributed by atoms with Crippen LogP contribution in [0.3, 0.4) is 0 Å². The zero-order valence-corrected chi connectivity index (χ0v) is 20.0. The third-order valence-corrected chi connectivity index (χ3v) is 7.60. The van der Waals surface area contributed by atoms with E-state index in [0.29, 0.717) is 35.8 Å². The first-order valence-corrected chi connectivity index (χ1v) is 12.3. The first-order valence-electron chi connectivity index (χ1n) is 11.4. The van der Waals surface area contributed by atoms with Gasteiger partial charge in [-0.3, -0.25) is 19.1 Å². The van der Waals surface area contributed by atoms with Crippen molar-refractivity contribution in [2.45, 2.75) is 32.1 Å². The molecule has 176 valence electrons. The number of hydrogen-bond donors (Lipinski definition) is 1. The molecule has 1 amide bonds. The van der Waals surface area contributed by atoms with Crippen LogP contribution in [0.4, 0.5) is 0 Å². The summed E-state index contributed by atoms with van der Waals surface area (Å²) >= 11 is 1.28. The number of rotatable bonds is 8. The van der Waals surface area contributed by atoms with Gasteiger partial charge in [0.1, 0.15) is 6.61 Å². The van der Waals surface area contributed by atoms with Crippen LogP contribution in [-0.2, 0) is 19.9 Å². The third-order valence-electron chi connectivity index (χ3n) is 6.38. The SMILES string of the molecule is CNC(=O)c1c(CCc2ccnc3ccccc23)sc2c1c(=O)n(C)c(=O)n2OCCC1CC1. The number of carbonyl (C=O) groups is 1. The van der Waals surface area contributed by atoms with Crippen LogP contribution in [0.5, 0.6) is 0 Å². The largest absolute Gasteiger partial charge is 0.408 e. The highest BCUT2D eigenvalue weighted by Gasteiger charge is 2.26. The number of benzene rings is 1. The number of fused-ring (bicyclic) bond motifs is 2. The molecular weight excluding hydrogens is 452 g/mol. The van der Waals surface area contributed by atoms with Crippen molar-refractivity contribution in [3.63, 3.8) is 0 Å². The van der Waals surface area contributed by atoms with E-state index in [1.165, 1.54) is 36.0 Å². The molecule has 0 atom stereocenters. The molecule has 0 unspecified atom stereocenters. The van der Waals surface area contributed by atoms with E-state index < -0.39 is 11.2 Å². The molecule has 1 N–H and O–H groups in total. The Morgan fingerprint density at radius 1 is 1.21 bits per heavy atom. The van der Waals surface area contributed by atoms with Crippen LogP contribution in [0.2, 0.25) is 0 Å². The van der Waals surface area contributed by atoms with E-state index in [2.05, 4.69) is 10.3 Å². The Bertz CT molecular complexity index is 1510. The molecule has 0 aliphatic heterocycles. The van der Waals surface area contributed by atoms with Gasteiger partial charge in [0.05, 0.1) is 16.5 Å². The lowest BCUT2D eigenvalue weighted by Gasteiger charge is -2.10. The summed E-state index contributed by atoms with van der Waals surface area (Å²) in [6.45, 7) is 0.392. The van der Waals surface area contributed by atoms with Gasteiger partial charge >= 0.3 is 5.69 Å². The molecule has 5 rings (SSSR count). The molecule has 9 heteroatoms. The highest BCUT2D eigenvalue weighted by atomic mass is 32.1. The van der Waals surface area contributed by atoms with Crippen molar-refractivity contribution < 1.29 is 9.63 Å². The predicted octanol–water partition coefficient (Wildman–Crippen LogP) is 2.68. The lowest BCUT2D eigenvalue weighted by atomic mass is 10.0. The van der Waals surface area contributed by atoms with E-state index in [0.717, 1.165) is 32.3 Å². The molecule has 4 aromatic rings. The molecule has 0 spiro atoms. The minimum atomic E-state index is -0.537. The number of pyridine rings is 1. The van der Waals surface area contributed by atoms with Crippen LogP contribution in [0, 0.1) is 5.92 Å². The minimum Gasteiger partial charge on any atom is -0.408 e. The summed E-state index contributed by atoms with van der Waals surface area (Å²) in [6.07, 6.45) is 6.22. The molecule has 1 aliphatic rings. The Balaban J connectivity index is 1.59. The van der Waals surface area contributed by atoms with Crippen molar-refractivity contribution in [2.75, 3.05) is 13.7 Å². The van der Waals surface area contributed by atoms with Crippen molar-refractivity contribution in [3.8, 4) is 0 Å². The normalized spacial score (nSPS) is 13.5. The van der Waals surface area contributed by atoms with E-state index in [-0.39, 0.29) is 11.3 Å². The van der Waals surface area contributed by atoms with Gasteiger partial charge in [-0.1, -0.05) is 31.0 Å². The molecule has 0 saturated heterocycles. The number of amides is 1. The fourth-order valence-electron chi connectivity index (χ4n) is 4.28. The zero-order chi connectivity index (χ0) is 23.8. The van der Waals surface area contributed by atoms with Crippen LogP contribution < -0.4 is 21.4 Å². The Morgan fingerprint density at radius 3 is 2.76 bits per heavy atom. The molecule has 0 radical (unpaired) electrons. The van der Waals surface area contributed by atoms with Crippen LogP contribution in [0.15, 0.2) is 46.1 Å². The van der Waals surface area contributed by atoms with E-state index >= 15 is 0 Å². The maximum atomic E-state index is 13.1. The molecule has 34 heavy (non-hydrogen) atoms. The van der Waals surface area contributed by atoms with Gasteiger partial charge in [-0.2, -0.15) is 0 Å². The van der Waals surface area contributed by atoms with Crippen molar-refractivity contribution in [2.24, 2.45) is 13.0 Å². The van der Waals surface area contributed by atoms with E-state index in [4.69, 9.17) is 4.84 Å². The number of nitrogens with zero attached hydrogens (tertiary/aromatic N) is 3. The van der Waals surface area contributed by atoms with Gasteiger partial charge in [-0.05, 0) is 42.9 Å². The summed E-state index contributed by atoms with van der Waals surface area (Å²) in [6, 6.07) is 9.90. The molecule has 0 bridgehead atoms. The molecule has 8 nitrogen and oxygen atoms in total. The topological polar surface area (TPSA) is 95.2 Å². The standard InChI is InChI=1S/C25H26N4O4S/c1-26-22(30)20-19(10-9-16-11-13-27-18-6-4-3-5-17(16)18)34-24-21(20)23(31)28(2)25(32)29(24)33-14-12-15-7-8-15/h3-6,11,13,15H,7-10,12,14H2,1-2H3,(H,26,30). The second-order valence-electron chi connectivity index (χ2n) is 8.65. The van der Waals surface area contributed by atoms with Crippen LogP contribution in [0.25, 0.3) is 21.1 Å². The molecule has 3 aromatic heterocycles. The van der Waals surface area contributed by atoms with Gasteiger partial charge in [0.15, 0.2) is 4.83 Å². The summed E-state index contributed by atoms with van der Waals surface area (Å²) in [5.41, 5.74) is 1.31. The Labute approximate surface area is 199 Å². The number of aryl methyl sites for hydroxylation is 2. The summed E-state index contributed by atoms with van der Waals surface area (Å²) in [5.74, 6) is 0.301. The van der Waals surface area contributed by atoms with Crippen molar-refractivity contribution in [1.29, 1.82) is 0 Å². The summed E-state index contributed by atoms with van der Waals surface area (Å²) < 4.78 is 2.21. The van der Waals surface area contributed by atoms with Crippen LogP contribution in [0.1, 0.15) is 40.1 Å². The lowest BCUT2D eigenvalue weighted by molar-refractivity contribution is 0.0963. The number of nitrogens with one attached hydrogen (secondary N) is 1. The second-order valence-corrected chi connectivity index (χ2v) is 9.74. The number of hydrogen-bond acceptors (Lipinski definition) is 6. The highest BCUT2D eigenvalue weighted by Crippen LogP contribution is 2.32. The summed E-state index contributed by atoms with van der Waals surface area (Å²) in [5, 5.41) is 3.94. The Hall–Kier alpha value is -3.46. The average molecular weight is 479 g/mol. The predicted molar refractivity (Wildman–Crippen MR) is 133 cm³/mol. The highest BCUT2D eigenvalue weighted by molar-refractivity contribution is 7.19.